The van der Waals surface area contributed by atoms with Crippen molar-refractivity contribution in [3.63, 3.8) is 0 Å². The van der Waals surface area contributed by atoms with Crippen molar-refractivity contribution in [1.29, 1.82) is 0 Å². The molecule has 2 aromatic heterocycles. The molecule has 0 aliphatic heterocycles. The van der Waals surface area contributed by atoms with Gasteiger partial charge in [0, 0.05) is 16.5 Å². The van der Waals surface area contributed by atoms with E-state index in [1.54, 1.807) is 10.9 Å². The number of fused-ring (bicyclic) bond motifs is 2. The zero-order valence-electron chi connectivity index (χ0n) is 15.0. The zero-order valence-corrected chi connectivity index (χ0v) is 16.6. The van der Waals surface area contributed by atoms with Crippen LogP contribution in [0.2, 0.25) is 0 Å². The Balaban J connectivity index is 1.49. The minimum absolute atomic E-state index is 0.0884. The second-order valence-electron chi connectivity index (χ2n) is 6.90. The van der Waals surface area contributed by atoms with E-state index in [-0.39, 0.29) is 5.78 Å². The van der Waals surface area contributed by atoms with E-state index >= 15 is 0 Å². The molecule has 1 aliphatic rings. The number of nitrogen functional groups attached to an aromatic ring is 1. The first kappa shape index (κ1) is 16.9. The van der Waals surface area contributed by atoms with E-state index in [9.17, 15) is 4.79 Å². The quantitative estimate of drug-likeness (QED) is 0.473. The molecule has 4 aromatic rings. The first-order valence-corrected chi connectivity index (χ1v) is 9.63. The number of nitrogens with two attached hydrogens (primary N) is 1. The average molecular weight is 434 g/mol. The summed E-state index contributed by atoms with van der Waals surface area (Å²) in [6.07, 6.45) is 4.07. The maximum absolute atomic E-state index is 13.1. The first-order chi connectivity index (χ1) is 13.5. The van der Waals surface area contributed by atoms with E-state index in [1.807, 2.05) is 49.4 Å². The van der Waals surface area contributed by atoms with E-state index in [1.165, 1.54) is 0 Å². The summed E-state index contributed by atoms with van der Waals surface area (Å²) in [4.78, 5) is 20.7. The van der Waals surface area contributed by atoms with Crippen LogP contribution < -0.4 is 5.73 Å². The van der Waals surface area contributed by atoms with Crippen molar-refractivity contribution in [2.75, 3.05) is 5.73 Å². The number of Topliss-reactive ketones (excluding diaryl/α,β-unsaturated/α-hetero) is 1. The number of imidazole rings is 1. The number of carbonyl (C=O) groups excluding carboxylic acids is 1. The lowest BCUT2D eigenvalue weighted by atomic mass is 10.0. The molecule has 2 aromatic carbocycles. The van der Waals surface area contributed by atoms with Crippen LogP contribution >= 0.6 is 15.9 Å². The summed E-state index contributed by atoms with van der Waals surface area (Å²) in [7, 11) is 0. The highest BCUT2D eigenvalue weighted by atomic mass is 79.9. The molecule has 0 fully saturated rings. The summed E-state index contributed by atoms with van der Waals surface area (Å²) < 4.78 is 2.59. The number of aromatic nitrogens is 4. The van der Waals surface area contributed by atoms with Crippen LogP contribution in [0.25, 0.3) is 22.8 Å². The molecule has 6 nitrogen and oxygen atoms in total. The number of benzene rings is 2. The summed E-state index contributed by atoms with van der Waals surface area (Å²) in [6.45, 7) is 1.91. The summed E-state index contributed by atoms with van der Waals surface area (Å²) in [5.41, 5.74) is 12.2. The number of nitrogens with one attached hydrogen (secondary N) is 1. The number of ketones is 1. The van der Waals surface area contributed by atoms with E-state index in [2.05, 4.69) is 31.0 Å². The fourth-order valence-corrected chi connectivity index (χ4v) is 4.03. The normalized spacial score (nSPS) is 13.0. The van der Waals surface area contributed by atoms with Crippen molar-refractivity contribution in [2.45, 2.75) is 13.3 Å². The van der Waals surface area contributed by atoms with Crippen LogP contribution in [0.15, 0.2) is 52.6 Å². The summed E-state index contributed by atoms with van der Waals surface area (Å²) in [5, 5.41) is 4.36. The number of aromatic amines is 1. The maximum Gasteiger partial charge on any atom is 0.194 e. The summed E-state index contributed by atoms with van der Waals surface area (Å²) in [6, 6.07) is 11.7. The fraction of sp³-hybridized carbons (Fsp3) is 0.0952. The topological polar surface area (TPSA) is 89.6 Å². The largest absolute Gasteiger partial charge is 0.383 e. The third kappa shape index (κ3) is 2.66. The van der Waals surface area contributed by atoms with Crippen LogP contribution in [0.5, 0.6) is 0 Å². The van der Waals surface area contributed by atoms with Gasteiger partial charge in [0.1, 0.15) is 11.6 Å². The molecule has 0 atom stereocenters. The molecule has 5 rings (SSSR count). The van der Waals surface area contributed by atoms with Gasteiger partial charge in [0.15, 0.2) is 5.78 Å². The third-order valence-corrected chi connectivity index (χ3v) is 5.48. The highest BCUT2D eigenvalue weighted by Gasteiger charge is 2.24. The van der Waals surface area contributed by atoms with Gasteiger partial charge in [0.2, 0.25) is 0 Å². The maximum atomic E-state index is 13.1. The van der Waals surface area contributed by atoms with Crippen molar-refractivity contribution in [2.24, 2.45) is 0 Å². The number of hydrogen-bond acceptors (Lipinski definition) is 4. The monoisotopic (exact) mass is 433 g/mol. The van der Waals surface area contributed by atoms with Crippen molar-refractivity contribution in [3.8, 4) is 5.69 Å². The van der Waals surface area contributed by atoms with Gasteiger partial charge in [-0.25, -0.2) is 9.67 Å². The first-order valence-electron chi connectivity index (χ1n) is 8.83. The van der Waals surface area contributed by atoms with Crippen LogP contribution in [-0.4, -0.2) is 25.5 Å². The number of anilines is 1. The number of allylic oxidation sites excluding steroid dienone is 1. The molecule has 28 heavy (non-hydrogen) atoms. The zero-order chi connectivity index (χ0) is 19.4. The lowest BCUT2D eigenvalue weighted by Gasteiger charge is -2.05. The van der Waals surface area contributed by atoms with Gasteiger partial charge in [0.25, 0.3) is 0 Å². The molecule has 0 saturated heterocycles. The van der Waals surface area contributed by atoms with Gasteiger partial charge in [0.05, 0.1) is 28.5 Å². The van der Waals surface area contributed by atoms with Crippen LogP contribution in [0.1, 0.15) is 27.3 Å². The number of H-pyrrole nitrogens is 1. The molecule has 0 radical (unpaired) electrons. The average Bonchev–Trinajstić information content (AvgIpc) is 3.35. The smallest absolute Gasteiger partial charge is 0.194 e. The van der Waals surface area contributed by atoms with Gasteiger partial charge in [-0.1, -0.05) is 22.0 Å². The molecule has 0 bridgehead atoms. The van der Waals surface area contributed by atoms with E-state index in [0.717, 1.165) is 43.7 Å². The number of halogens is 1. The number of hydrogen-bond donors (Lipinski definition) is 2. The highest BCUT2D eigenvalue weighted by molar-refractivity contribution is 9.10. The molecule has 3 N–H and O–H groups in total. The molecule has 0 amide bonds. The molecule has 0 saturated carbocycles. The Hall–Kier alpha value is -3.19. The second kappa shape index (κ2) is 6.17. The van der Waals surface area contributed by atoms with Crippen LogP contribution in [0, 0.1) is 6.92 Å². The van der Waals surface area contributed by atoms with E-state index in [4.69, 9.17) is 5.73 Å². The van der Waals surface area contributed by atoms with Crippen molar-refractivity contribution in [3.05, 3.63) is 75.2 Å². The Labute approximate surface area is 169 Å². The lowest BCUT2D eigenvalue weighted by molar-refractivity contribution is 0.103. The predicted octanol–water partition coefficient (Wildman–Crippen LogP) is 4.22. The SMILES string of the molecule is Cc1nc2ccc(-n3ncc(C(=O)C4=Cc5ccc(Br)cc5C4)c3N)cc2[nH]1. The molecule has 1 aliphatic carbocycles. The Morgan fingerprint density at radius 3 is 2.96 bits per heavy atom. The van der Waals surface area contributed by atoms with Crippen LogP contribution in [-0.2, 0) is 6.42 Å². The van der Waals surface area contributed by atoms with Gasteiger partial charge in [-0.05, 0) is 54.5 Å². The molecule has 0 spiro atoms. The standard InChI is InChI=1S/C21H16BrN5O/c1-11-25-18-5-4-16(9-19(18)26-11)27-21(23)17(10-24-27)20(28)14-6-12-2-3-15(22)8-13(12)7-14/h2-6,8-10H,7,23H2,1H3,(H,25,26). The lowest BCUT2D eigenvalue weighted by Crippen LogP contribution is -2.08. The Bertz CT molecular complexity index is 1300. The Kier molecular flexibility index (Phi) is 3.73. The van der Waals surface area contributed by atoms with Gasteiger partial charge in [-0.3, -0.25) is 4.79 Å². The van der Waals surface area contributed by atoms with Gasteiger partial charge in [-0.15, -0.1) is 0 Å². The minimum atomic E-state index is -0.0884. The highest BCUT2D eigenvalue weighted by Crippen LogP contribution is 2.31. The van der Waals surface area contributed by atoms with Crippen LogP contribution in [0.3, 0.4) is 0 Å². The van der Waals surface area contributed by atoms with Crippen molar-refractivity contribution >= 4 is 44.6 Å². The van der Waals surface area contributed by atoms with Gasteiger partial charge >= 0.3 is 0 Å². The van der Waals surface area contributed by atoms with Gasteiger partial charge < -0.3 is 10.7 Å². The minimum Gasteiger partial charge on any atom is -0.383 e. The molecule has 138 valence electrons. The number of rotatable bonds is 3. The Morgan fingerprint density at radius 2 is 2.11 bits per heavy atom. The van der Waals surface area contributed by atoms with Crippen molar-refractivity contribution in [1.82, 2.24) is 19.7 Å². The van der Waals surface area contributed by atoms with Crippen LogP contribution in [0.4, 0.5) is 5.82 Å². The van der Waals surface area contributed by atoms with E-state index in [0.29, 0.717) is 17.8 Å². The molecular weight excluding hydrogens is 418 g/mol. The molecule has 7 heteroatoms. The Morgan fingerprint density at radius 1 is 1.25 bits per heavy atom. The molecule has 2 heterocycles. The number of aryl methyl sites for hydroxylation is 1. The van der Waals surface area contributed by atoms with Gasteiger partial charge in [-0.2, -0.15) is 5.10 Å². The summed E-state index contributed by atoms with van der Waals surface area (Å²) >= 11 is 3.48. The number of nitrogens with zero attached hydrogens (tertiary/aromatic N) is 3. The van der Waals surface area contributed by atoms with E-state index < -0.39 is 0 Å². The third-order valence-electron chi connectivity index (χ3n) is 4.99. The summed E-state index contributed by atoms with van der Waals surface area (Å²) in [5.74, 6) is 1.09. The number of carbonyl (C=O) groups is 1. The molecular formula is C21H16BrN5O. The van der Waals surface area contributed by atoms with Crippen molar-refractivity contribution < 1.29 is 4.79 Å². The predicted molar refractivity (Wildman–Crippen MR) is 113 cm³/mol. The molecule has 0 unspecified atom stereocenters. The second-order valence-corrected chi connectivity index (χ2v) is 7.81. The fourth-order valence-electron chi connectivity index (χ4n) is 3.63.